The number of halogens is 3. The molecule has 2 aromatic rings. The highest BCUT2D eigenvalue weighted by Crippen LogP contribution is 2.35. The number of carbonyl (C=O) groups excluding carboxylic acids is 1. The summed E-state index contributed by atoms with van der Waals surface area (Å²) < 4.78 is 39.2. The van der Waals surface area contributed by atoms with Crippen LogP contribution in [0.2, 0.25) is 0 Å². The highest BCUT2D eigenvalue weighted by molar-refractivity contribution is 7.15. The molecule has 0 fully saturated rings. The molecule has 1 heterocycles. The lowest BCUT2D eigenvalue weighted by atomic mass is 9.88. The number of alkyl halides is 3. The number of rotatable bonds is 4. The van der Waals surface area contributed by atoms with Crippen LogP contribution in [0.1, 0.15) is 52.7 Å². The van der Waals surface area contributed by atoms with Crippen molar-refractivity contribution in [2.45, 2.75) is 45.2 Å². The second-order valence-corrected chi connectivity index (χ2v) is 7.37. The first-order valence-corrected chi connectivity index (χ1v) is 9.16. The van der Waals surface area contributed by atoms with Gasteiger partial charge in [-0.15, -0.1) is 11.3 Å². The van der Waals surface area contributed by atoms with E-state index in [1.54, 1.807) is 0 Å². The van der Waals surface area contributed by atoms with Gasteiger partial charge in [0.2, 0.25) is 0 Å². The molecule has 1 atom stereocenters. The van der Waals surface area contributed by atoms with Crippen molar-refractivity contribution >= 4 is 22.4 Å². The van der Waals surface area contributed by atoms with Crippen LogP contribution in [0, 0.1) is 5.92 Å². The standard InChI is InChI=1S/C18H19F3N2OS/c1-2-5-11-8-9-14-15(10-11)25-17(22-14)23-16(24)12-6-3-4-7-13(12)18(19,20)21/h3-4,6-7,11H,2,5,8-10H2,1H3,(H,22,23,24). The SMILES string of the molecule is CCCC1CCc2nc(NC(=O)c3ccccc3C(F)(F)F)sc2C1. The smallest absolute Gasteiger partial charge is 0.298 e. The van der Waals surface area contributed by atoms with E-state index in [-0.39, 0.29) is 5.56 Å². The Morgan fingerprint density at radius 3 is 2.84 bits per heavy atom. The Labute approximate surface area is 148 Å². The first kappa shape index (κ1) is 17.9. The third-order valence-corrected chi connectivity index (χ3v) is 5.47. The molecule has 1 N–H and O–H groups in total. The van der Waals surface area contributed by atoms with E-state index in [1.165, 1.54) is 29.5 Å². The van der Waals surface area contributed by atoms with Crippen molar-refractivity contribution < 1.29 is 18.0 Å². The summed E-state index contributed by atoms with van der Waals surface area (Å²) in [5.74, 6) is -0.142. The number of aromatic nitrogens is 1. The number of thiazole rings is 1. The van der Waals surface area contributed by atoms with Crippen molar-refractivity contribution in [3.8, 4) is 0 Å². The summed E-state index contributed by atoms with van der Waals surface area (Å²) in [5, 5.41) is 2.92. The van der Waals surface area contributed by atoms with E-state index in [4.69, 9.17) is 0 Å². The normalized spacial score (nSPS) is 17.2. The molecular formula is C18H19F3N2OS. The van der Waals surface area contributed by atoms with Gasteiger partial charge in [-0.2, -0.15) is 13.2 Å². The monoisotopic (exact) mass is 368 g/mol. The quantitative estimate of drug-likeness (QED) is 0.794. The van der Waals surface area contributed by atoms with Crippen LogP contribution in [0.15, 0.2) is 24.3 Å². The van der Waals surface area contributed by atoms with Crippen LogP contribution in [-0.2, 0) is 19.0 Å². The van der Waals surface area contributed by atoms with Crippen LogP contribution in [-0.4, -0.2) is 10.9 Å². The van der Waals surface area contributed by atoms with Crippen LogP contribution in [0.5, 0.6) is 0 Å². The number of aryl methyl sites for hydroxylation is 1. The highest BCUT2D eigenvalue weighted by atomic mass is 32.1. The Morgan fingerprint density at radius 2 is 2.12 bits per heavy atom. The summed E-state index contributed by atoms with van der Waals surface area (Å²) in [6.45, 7) is 2.16. The molecule has 1 aliphatic rings. The van der Waals surface area contributed by atoms with E-state index in [0.717, 1.165) is 48.7 Å². The Morgan fingerprint density at radius 1 is 1.36 bits per heavy atom. The molecule has 1 amide bonds. The van der Waals surface area contributed by atoms with Crippen molar-refractivity contribution in [2.24, 2.45) is 5.92 Å². The molecule has 0 aliphatic heterocycles. The molecule has 1 aliphatic carbocycles. The van der Waals surface area contributed by atoms with Crippen LogP contribution < -0.4 is 5.32 Å². The van der Waals surface area contributed by atoms with Gasteiger partial charge in [-0.25, -0.2) is 4.98 Å². The third-order valence-electron chi connectivity index (χ3n) is 4.44. The van der Waals surface area contributed by atoms with Gasteiger partial charge in [0.25, 0.3) is 5.91 Å². The number of hydrogen-bond donors (Lipinski definition) is 1. The van der Waals surface area contributed by atoms with E-state index in [1.807, 2.05) is 0 Å². The van der Waals surface area contributed by atoms with Gasteiger partial charge in [0.15, 0.2) is 5.13 Å². The van der Waals surface area contributed by atoms with Gasteiger partial charge in [-0.1, -0.05) is 31.9 Å². The van der Waals surface area contributed by atoms with Crippen molar-refractivity contribution in [3.05, 3.63) is 46.0 Å². The Kier molecular flexibility index (Phi) is 5.13. The summed E-state index contributed by atoms with van der Waals surface area (Å²) in [6.07, 6.45) is 0.619. The van der Waals surface area contributed by atoms with E-state index in [2.05, 4.69) is 17.2 Å². The predicted molar refractivity (Wildman–Crippen MR) is 91.9 cm³/mol. The average Bonchev–Trinajstić information content (AvgIpc) is 2.96. The second kappa shape index (κ2) is 7.15. The van der Waals surface area contributed by atoms with Gasteiger partial charge >= 0.3 is 6.18 Å². The molecule has 1 unspecified atom stereocenters. The Balaban J connectivity index is 1.77. The zero-order valence-electron chi connectivity index (χ0n) is 13.8. The minimum atomic E-state index is -4.57. The van der Waals surface area contributed by atoms with Gasteiger partial charge in [-0.3, -0.25) is 10.1 Å². The lowest BCUT2D eigenvalue weighted by Crippen LogP contribution is -2.18. The van der Waals surface area contributed by atoms with E-state index in [0.29, 0.717) is 11.0 Å². The number of amides is 1. The number of carbonyl (C=O) groups is 1. The molecule has 0 saturated carbocycles. The molecule has 134 valence electrons. The lowest BCUT2D eigenvalue weighted by molar-refractivity contribution is -0.137. The summed E-state index contributed by atoms with van der Waals surface area (Å²) in [6, 6.07) is 4.79. The molecule has 3 nitrogen and oxygen atoms in total. The van der Waals surface area contributed by atoms with Crippen molar-refractivity contribution in [2.75, 3.05) is 5.32 Å². The topological polar surface area (TPSA) is 42.0 Å². The van der Waals surface area contributed by atoms with Gasteiger partial charge < -0.3 is 0 Å². The van der Waals surface area contributed by atoms with Gasteiger partial charge in [0.1, 0.15) is 0 Å². The van der Waals surface area contributed by atoms with Crippen molar-refractivity contribution in [1.29, 1.82) is 0 Å². The molecule has 3 rings (SSSR count). The largest absolute Gasteiger partial charge is 0.417 e. The number of anilines is 1. The van der Waals surface area contributed by atoms with Crippen LogP contribution in [0.4, 0.5) is 18.3 Å². The van der Waals surface area contributed by atoms with E-state index < -0.39 is 17.6 Å². The van der Waals surface area contributed by atoms with E-state index in [9.17, 15) is 18.0 Å². The maximum absolute atomic E-state index is 13.1. The first-order valence-electron chi connectivity index (χ1n) is 8.34. The summed E-state index contributed by atoms with van der Waals surface area (Å²) in [7, 11) is 0. The van der Waals surface area contributed by atoms with Crippen molar-refractivity contribution in [1.82, 2.24) is 4.98 Å². The molecule has 0 spiro atoms. The molecule has 1 aromatic heterocycles. The summed E-state index contributed by atoms with van der Waals surface area (Å²) in [5.41, 5.74) is -0.347. The summed E-state index contributed by atoms with van der Waals surface area (Å²) >= 11 is 1.38. The van der Waals surface area contributed by atoms with Crippen LogP contribution in [0.25, 0.3) is 0 Å². The van der Waals surface area contributed by atoms with Gasteiger partial charge in [0.05, 0.1) is 16.8 Å². The maximum atomic E-state index is 13.1. The fourth-order valence-electron chi connectivity index (χ4n) is 3.24. The van der Waals surface area contributed by atoms with E-state index >= 15 is 0 Å². The van der Waals surface area contributed by atoms with Gasteiger partial charge in [-0.05, 0) is 37.3 Å². The minimum Gasteiger partial charge on any atom is -0.298 e. The number of hydrogen-bond acceptors (Lipinski definition) is 3. The number of nitrogens with zero attached hydrogens (tertiary/aromatic N) is 1. The summed E-state index contributed by atoms with van der Waals surface area (Å²) in [4.78, 5) is 17.9. The molecule has 0 saturated heterocycles. The number of benzene rings is 1. The highest BCUT2D eigenvalue weighted by Gasteiger charge is 2.35. The number of fused-ring (bicyclic) bond motifs is 1. The maximum Gasteiger partial charge on any atom is 0.417 e. The molecule has 0 bridgehead atoms. The fraction of sp³-hybridized carbons (Fsp3) is 0.444. The van der Waals surface area contributed by atoms with Crippen molar-refractivity contribution in [3.63, 3.8) is 0 Å². The molecular weight excluding hydrogens is 349 g/mol. The second-order valence-electron chi connectivity index (χ2n) is 6.28. The van der Waals surface area contributed by atoms with Gasteiger partial charge in [0, 0.05) is 4.88 Å². The lowest BCUT2D eigenvalue weighted by Gasteiger charge is -2.19. The third kappa shape index (κ3) is 4.03. The molecule has 7 heteroatoms. The van der Waals surface area contributed by atoms with Crippen LogP contribution >= 0.6 is 11.3 Å². The zero-order chi connectivity index (χ0) is 18.0. The molecule has 25 heavy (non-hydrogen) atoms. The van der Waals surface area contributed by atoms with Crippen LogP contribution in [0.3, 0.4) is 0 Å². The molecule has 0 radical (unpaired) electrons. The Bertz CT molecular complexity index is 770. The number of nitrogens with one attached hydrogen (secondary N) is 1. The fourth-order valence-corrected chi connectivity index (χ4v) is 4.36. The minimum absolute atomic E-state index is 0.379. The molecule has 1 aromatic carbocycles. The first-order chi connectivity index (χ1) is 11.9. The predicted octanol–water partition coefficient (Wildman–Crippen LogP) is 5.32. The zero-order valence-corrected chi connectivity index (χ0v) is 14.6. The Hall–Kier alpha value is -1.89. The average molecular weight is 368 g/mol.